The first-order chi connectivity index (χ1) is 10.3. The van der Waals surface area contributed by atoms with Gasteiger partial charge in [-0.2, -0.15) is 0 Å². The second-order valence-electron chi connectivity index (χ2n) is 5.40. The van der Waals surface area contributed by atoms with E-state index < -0.39 is 0 Å². The third-order valence-electron chi connectivity index (χ3n) is 3.96. The minimum Gasteiger partial charge on any atom is -0.356 e. The van der Waals surface area contributed by atoms with Crippen molar-refractivity contribution in [1.29, 1.82) is 0 Å². The highest BCUT2D eigenvalue weighted by Gasteiger charge is 2.23. The Bertz CT molecular complexity index is 628. The molecule has 2 aromatic rings. The first kappa shape index (κ1) is 13.7. The molecule has 2 atom stereocenters. The third-order valence-corrected chi connectivity index (χ3v) is 3.96. The molecule has 5 nitrogen and oxygen atoms in total. The van der Waals surface area contributed by atoms with Crippen LogP contribution in [-0.4, -0.2) is 27.4 Å². The van der Waals surface area contributed by atoms with Gasteiger partial charge in [-0.15, -0.1) is 5.10 Å². The number of hydrogen-bond donors (Lipinski definition) is 1. The number of carbonyl (C=O) groups excluding carboxylic acids is 1. The molecule has 21 heavy (non-hydrogen) atoms. The number of aromatic nitrogens is 3. The quantitative estimate of drug-likeness (QED) is 0.878. The maximum absolute atomic E-state index is 13.3. The van der Waals surface area contributed by atoms with Crippen LogP contribution in [0, 0.1) is 5.82 Å². The lowest BCUT2D eigenvalue weighted by atomic mass is 9.91. The van der Waals surface area contributed by atoms with Gasteiger partial charge in [0.2, 0.25) is 6.41 Å². The van der Waals surface area contributed by atoms with Crippen LogP contribution in [0.25, 0.3) is 11.3 Å². The Hall–Kier alpha value is -2.24. The topological polar surface area (TPSA) is 59.8 Å². The highest BCUT2D eigenvalue weighted by atomic mass is 19.1. The molecule has 1 N–H and O–H groups in total. The second-order valence-corrected chi connectivity index (χ2v) is 5.40. The Morgan fingerprint density at radius 2 is 2.29 bits per heavy atom. The summed E-state index contributed by atoms with van der Waals surface area (Å²) >= 11 is 0. The van der Waals surface area contributed by atoms with Gasteiger partial charge in [0.05, 0.1) is 12.2 Å². The van der Waals surface area contributed by atoms with Crippen LogP contribution in [0.2, 0.25) is 0 Å². The Labute approximate surface area is 122 Å². The van der Waals surface area contributed by atoms with Gasteiger partial charge in [0.15, 0.2) is 0 Å². The van der Waals surface area contributed by atoms with Gasteiger partial charge in [-0.3, -0.25) is 4.79 Å². The standard InChI is InChI=1S/C15H17FN4O/c16-12-4-1-3-11(7-12)15-9-20(19-18-15)14-6-2-5-13(8-14)17-10-21/h1,3-4,7,9-10,13-14H,2,5-6,8H2,(H,17,21). The van der Waals surface area contributed by atoms with Gasteiger partial charge in [-0.05, 0) is 37.8 Å². The molecule has 0 saturated heterocycles. The number of amides is 1. The summed E-state index contributed by atoms with van der Waals surface area (Å²) in [5, 5.41) is 11.1. The smallest absolute Gasteiger partial charge is 0.207 e. The minimum absolute atomic E-state index is 0.197. The minimum atomic E-state index is -0.282. The second kappa shape index (κ2) is 6.03. The largest absolute Gasteiger partial charge is 0.356 e. The molecule has 1 fully saturated rings. The van der Waals surface area contributed by atoms with Gasteiger partial charge < -0.3 is 5.32 Å². The number of nitrogens with zero attached hydrogens (tertiary/aromatic N) is 3. The molecule has 0 bridgehead atoms. The molecule has 3 rings (SSSR count). The molecule has 1 saturated carbocycles. The van der Waals surface area contributed by atoms with E-state index in [-0.39, 0.29) is 17.9 Å². The van der Waals surface area contributed by atoms with Gasteiger partial charge in [0.1, 0.15) is 11.5 Å². The van der Waals surface area contributed by atoms with E-state index in [9.17, 15) is 9.18 Å². The van der Waals surface area contributed by atoms with Crippen LogP contribution in [0.15, 0.2) is 30.5 Å². The predicted molar refractivity (Wildman–Crippen MR) is 75.9 cm³/mol. The summed E-state index contributed by atoms with van der Waals surface area (Å²) in [7, 11) is 0. The van der Waals surface area contributed by atoms with Crippen LogP contribution in [0.1, 0.15) is 31.7 Å². The van der Waals surface area contributed by atoms with Gasteiger partial charge in [0, 0.05) is 11.6 Å². The fraction of sp³-hybridized carbons (Fsp3) is 0.400. The van der Waals surface area contributed by atoms with Crippen LogP contribution in [0.3, 0.4) is 0 Å². The Morgan fingerprint density at radius 1 is 1.38 bits per heavy atom. The van der Waals surface area contributed by atoms with Gasteiger partial charge in [-0.1, -0.05) is 17.3 Å². The van der Waals surface area contributed by atoms with Crippen molar-refractivity contribution in [3.8, 4) is 11.3 Å². The molecule has 1 aliphatic rings. The summed E-state index contributed by atoms with van der Waals surface area (Å²) in [5.41, 5.74) is 1.39. The Balaban J connectivity index is 1.77. The molecule has 1 aromatic heterocycles. The van der Waals surface area contributed by atoms with Crippen molar-refractivity contribution >= 4 is 6.41 Å². The van der Waals surface area contributed by atoms with E-state index in [4.69, 9.17) is 0 Å². The fourth-order valence-electron chi connectivity index (χ4n) is 2.89. The molecule has 110 valence electrons. The monoisotopic (exact) mass is 288 g/mol. The molecule has 1 heterocycles. The van der Waals surface area contributed by atoms with E-state index in [0.29, 0.717) is 5.69 Å². The van der Waals surface area contributed by atoms with Crippen molar-refractivity contribution in [2.45, 2.75) is 37.8 Å². The summed E-state index contributed by atoms with van der Waals surface area (Å²) in [5.74, 6) is -0.282. The molecule has 1 aromatic carbocycles. The number of benzene rings is 1. The number of hydrogen-bond acceptors (Lipinski definition) is 3. The molecular weight excluding hydrogens is 271 g/mol. The van der Waals surface area contributed by atoms with Gasteiger partial charge in [-0.25, -0.2) is 9.07 Å². The van der Waals surface area contributed by atoms with E-state index in [2.05, 4.69) is 15.6 Å². The first-order valence-corrected chi connectivity index (χ1v) is 7.14. The van der Waals surface area contributed by atoms with Crippen molar-refractivity contribution in [3.05, 3.63) is 36.3 Å². The Kier molecular flexibility index (Phi) is 3.94. The number of nitrogens with one attached hydrogen (secondary N) is 1. The zero-order chi connectivity index (χ0) is 14.7. The van der Waals surface area contributed by atoms with Crippen LogP contribution in [0.5, 0.6) is 0 Å². The molecule has 1 aliphatic carbocycles. The van der Waals surface area contributed by atoms with E-state index in [1.54, 1.807) is 6.07 Å². The molecule has 2 unspecified atom stereocenters. The lowest BCUT2D eigenvalue weighted by Gasteiger charge is -2.28. The molecule has 0 radical (unpaired) electrons. The van der Waals surface area contributed by atoms with Crippen molar-refractivity contribution in [1.82, 2.24) is 20.3 Å². The van der Waals surface area contributed by atoms with Crippen molar-refractivity contribution in [2.75, 3.05) is 0 Å². The van der Waals surface area contributed by atoms with Crippen molar-refractivity contribution in [3.63, 3.8) is 0 Å². The highest BCUT2D eigenvalue weighted by Crippen LogP contribution is 2.29. The first-order valence-electron chi connectivity index (χ1n) is 7.14. The van der Waals surface area contributed by atoms with E-state index in [0.717, 1.165) is 37.7 Å². The van der Waals surface area contributed by atoms with E-state index in [1.807, 2.05) is 16.9 Å². The normalized spacial score (nSPS) is 22.0. The molecule has 0 aliphatic heterocycles. The number of halogens is 1. The van der Waals surface area contributed by atoms with Crippen LogP contribution in [-0.2, 0) is 4.79 Å². The third kappa shape index (κ3) is 3.09. The summed E-state index contributed by atoms with van der Waals surface area (Å²) in [6, 6.07) is 6.76. The number of carbonyl (C=O) groups is 1. The zero-order valence-electron chi connectivity index (χ0n) is 11.6. The molecular formula is C15H17FN4O. The van der Waals surface area contributed by atoms with Crippen LogP contribution >= 0.6 is 0 Å². The summed E-state index contributed by atoms with van der Waals surface area (Å²) in [6.45, 7) is 0. The summed E-state index contributed by atoms with van der Waals surface area (Å²) < 4.78 is 15.1. The molecule has 0 spiro atoms. The number of rotatable bonds is 4. The zero-order valence-corrected chi connectivity index (χ0v) is 11.6. The van der Waals surface area contributed by atoms with Crippen LogP contribution < -0.4 is 5.32 Å². The average Bonchev–Trinajstić information content (AvgIpc) is 2.98. The lowest BCUT2D eigenvalue weighted by Crippen LogP contribution is -2.34. The maximum Gasteiger partial charge on any atom is 0.207 e. The SMILES string of the molecule is O=CNC1CCCC(n2cc(-c3cccc(F)c3)nn2)C1. The average molecular weight is 288 g/mol. The Morgan fingerprint density at radius 3 is 3.10 bits per heavy atom. The fourth-order valence-corrected chi connectivity index (χ4v) is 2.89. The van der Waals surface area contributed by atoms with E-state index >= 15 is 0 Å². The van der Waals surface area contributed by atoms with Crippen molar-refractivity contribution in [2.24, 2.45) is 0 Å². The summed E-state index contributed by atoms with van der Waals surface area (Å²) in [6.07, 6.45) is 6.52. The van der Waals surface area contributed by atoms with Crippen LogP contribution in [0.4, 0.5) is 4.39 Å². The van der Waals surface area contributed by atoms with Gasteiger partial charge in [0.25, 0.3) is 0 Å². The summed E-state index contributed by atoms with van der Waals surface area (Å²) in [4.78, 5) is 10.6. The lowest BCUT2D eigenvalue weighted by molar-refractivity contribution is -0.110. The molecule has 6 heteroatoms. The highest BCUT2D eigenvalue weighted by molar-refractivity contribution is 5.57. The van der Waals surface area contributed by atoms with Crippen molar-refractivity contribution < 1.29 is 9.18 Å². The van der Waals surface area contributed by atoms with Gasteiger partial charge >= 0.3 is 0 Å². The maximum atomic E-state index is 13.3. The molecule has 1 amide bonds. The van der Waals surface area contributed by atoms with E-state index in [1.165, 1.54) is 12.1 Å². The predicted octanol–water partition coefficient (Wildman–Crippen LogP) is 2.31.